The maximum Gasteiger partial charge on any atom is 0.410 e. The molecule has 0 bridgehead atoms. The van der Waals surface area contributed by atoms with Gasteiger partial charge in [0.2, 0.25) is 11.8 Å². The van der Waals surface area contributed by atoms with Gasteiger partial charge in [0.1, 0.15) is 6.04 Å². The lowest BCUT2D eigenvalue weighted by atomic mass is 10.0. The molecule has 1 unspecified atom stereocenters. The van der Waals surface area contributed by atoms with Crippen LogP contribution in [0.25, 0.3) is 0 Å². The van der Waals surface area contributed by atoms with Crippen LogP contribution < -0.4 is 10.6 Å². The van der Waals surface area contributed by atoms with Gasteiger partial charge in [-0.1, -0.05) is 6.07 Å². The summed E-state index contributed by atoms with van der Waals surface area (Å²) in [7, 11) is 0. The minimum absolute atomic E-state index is 0.0694. The Bertz CT molecular complexity index is 1290. The quantitative estimate of drug-likeness (QED) is 0.549. The van der Waals surface area contributed by atoms with Crippen LogP contribution in [0.4, 0.5) is 10.5 Å². The van der Waals surface area contributed by atoms with Crippen LogP contribution in [0.2, 0.25) is 0 Å². The zero-order valence-electron chi connectivity index (χ0n) is 21.3. The summed E-state index contributed by atoms with van der Waals surface area (Å²) in [6.07, 6.45) is 4.95. The van der Waals surface area contributed by atoms with E-state index in [4.69, 9.17) is 4.74 Å². The van der Waals surface area contributed by atoms with Crippen molar-refractivity contribution >= 4 is 35.4 Å². The van der Waals surface area contributed by atoms with E-state index in [1.165, 1.54) is 0 Å². The van der Waals surface area contributed by atoms with Crippen molar-refractivity contribution in [2.75, 3.05) is 18.4 Å². The Balaban J connectivity index is 1.22. The molecule has 4 heterocycles. The molecule has 0 spiro atoms. The number of fused-ring (bicyclic) bond motifs is 1. The molecule has 2 fully saturated rings. The van der Waals surface area contributed by atoms with Crippen molar-refractivity contribution < 1.29 is 28.7 Å². The number of aromatic nitrogens is 2. The number of anilines is 1. The highest BCUT2D eigenvalue weighted by molar-refractivity contribution is 6.25. The van der Waals surface area contributed by atoms with Gasteiger partial charge in [-0.3, -0.25) is 34.1 Å². The molecule has 1 atom stereocenters. The zero-order chi connectivity index (χ0) is 27.0. The Hall–Kier alpha value is -4.22. The van der Waals surface area contributed by atoms with Crippen molar-refractivity contribution in [3.05, 3.63) is 47.3 Å². The van der Waals surface area contributed by atoms with Crippen LogP contribution >= 0.6 is 0 Å². The molecule has 12 nitrogen and oxygen atoms in total. The fourth-order valence-electron chi connectivity index (χ4n) is 5.12. The second kappa shape index (κ2) is 10.3. The van der Waals surface area contributed by atoms with Crippen molar-refractivity contribution in [1.82, 2.24) is 24.9 Å². The van der Waals surface area contributed by atoms with Crippen LogP contribution in [0, 0.1) is 0 Å². The summed E-state index contributed by atoms with van der Waals surface area (Å²) in [6.45, 7) is 5.22. The average Bonchev–Trinajstić information content (AvgIpc) is 3.46. The highest BCUT2D eigenvalue weighted by Crippen LogP contribution is 2.32. The lowest BCUT2D eigenvalue weighted by Crippen LogP contribution is -2.54. The van der Waals surface area contributed by atoms with Crippen molar-refractivity contribution in [2.24, 2.45) is 0 Å². The van der Waals surface area contributed by atoms with E-state index in [-0.39, 0.29) is 42.2 Å². The first-order chi connectivity index (χ1) is 18.2. The summed E-state index contributed by atoms with van der Waals surface area (Å²) in [4.78, 5) is 64.9. The molecule has 200 valence electrons. The number of carbonyl (C=O) groups excluding carboxylic acids is 5. The van der Waals surface area contributed by atoms with Gasteiger partial charge < -0.3 is 15.0 Å². The number of hydrogen-bond donors (Lipinski definition) is 2. The number of hydrogen-bond acceptors (Lipinski definition) is 8. The van der Waals surface area contributed by atoms with Gasteiger partial charge in [-0.15, -0.1) is 0 Å². The molecule has 3 aliphatic rings. The van der Waals surface area contributed by atoms with E-state index in [2.05, 4.69) is 15.7 Å². The SMILES string of the molecule is CC(C)OC(=O)N1CCC(n2cc(CNc3cccc4c3C(=O)N(C3CCC(=O)NC3=O)C4=O)cn2)CC1. The van der Waals surface area contributed by atoms with E-state index in [9.17, 15) is 24.0 Å². The number of nitrogens with one attached hydrogen (secondary N) is 2. The minimum Gasteiger partial charge on any atom is -0.447 e. The largest absolute Gasteiger partial charge is 0.447 e. The fourth-order valence-corrected chi connectivity index (χ4v) is 5.12. The number of ether oxygens (including phenoxy) is 1. The lowest BCUT2D eigenvalue weighted by Gasteiger charge is -2.31. The highest BCUT2D eigenvalue weighted by Gasteiger charge is 2.45. The minimum atomic E-state index is -1.01. The van der Waals surface area contributed by atoms with E-state index in [1.54, 1.807) is 29.3 Å². The zero-order valence-corrected chi connectivity index (χ0v) is 21.3. The summed E-state index contributed by atoms with van der Waals surface area (Å²) in [5, 5.41) is 9.94. The van der Waals surface area contributed by atoms with E-state index >= 15 is 0 Å². The summed E-state index contributed by atoms with van der Waals surface area (Å²) in [5.74, 6) is -2.15. The number of nitrogens with zero attached hydrogens (tertiary/aromatic N) is 4. The van der Waals surface area contributed by atoms with Crippen molar-refractivity contribution in [3.63, 3.8) is 0 Å². The number of benzene rings is 1. The molecule has 0 aliphatic carbocycles. The van der Waals surface area contributed by atoms with Gasteiger partial charge in [0.15, 0.2) is 0 Å². The molecule has 0 radical (unpaired) electrons. The monoisotopic (exact) mass is 522 g/mol. The van der Waals surface area contributed by atoms with Crippen LogP contribution in [0.1, 0.15) is 71.9 Å². The molecule has 12 heteroatoms. The third kappa shape index (κ3) is 4.85. The third-order valence-electron chi connectivity index (χ3n) is 7.04. The van der Waals surface area contributed by atoms with Crippen molar-refractivity contribution in [1.29, 1.82) is 0 Å². The van der Waals surface area contributed by atoms with Crippen LogP contribution in [0.5, 0.6) is 0 Å². The molecule has 5 amide bonds. The summed E-state index contributed by atoms with van der Waals surface area (Å²) in [5.41, 5.74) is 1.82. The predicted octanol–water partition coefficient (Wildman–Crippen LogP) is 2.08. The van der Waals surface area contributed by atoms with Crippen LogP contribution in [-0.2, 0) is 20.9 Å². The number of amides is 5. The summed E-state index contributed by atoms with van der Waals surface area (Å²) in [6, 6.07) is 4.11. The Kier molecular flexibility index (Phi) is 6.87. The molecule has 5 rings (SSSR count). The Morgan fingerprint density at radius 2 is 1.89 bits per heavy atom. The van der Waals surface area contributed by atoms with Crippen molar-refractivity contribution in [3.8, 4) is 0 Å². The van der Waals surface area contributed by atoms with Crippen LogP contribution in [0.3, 0.4) is 0 Å². The fraction of sp³-hybridized carbons (Fsp3) is 0.462. The van der Waals surface area contributed by atoms with Gasteiger partial charge in [0, 0.05) is 43.5 Å². The third-order valence-corrected chi connectivity index (χ3v) is 7.04. The first-order valence-corrected chi connectivity index (χ1v) is 12.8. The molecule has 38 heavy (non-hydrogen) atoms. The first kappa shape index (κ1) is 25.4. The van der Waals surface area contributed by atoms with Gasteiger partial charge in [-0.05, 0) is 45.2 Å². The molecule has 2 N–H and O–H groups in total. The first-order valence-electron chi connectivity index (χ1n) is 12.8. The summed E-state index contributed by atoms with van der Waals surface area (Å²) >= 11 is 0. The maximum absolute atomic E-state index is 13.3. The summed E-state index contributed by atoms with van der Waals surface area (Å²) < 4.78 is 7.18. The molecule has 3 aliphatic heterocycles. The van der Waals surface area contributed by atoms with Gasteiger partial charge in [-0.25, -0.2) is 4.79 Å². The number of imide groups is 2. The predicted molar refractivity (Wildman–Crippen MR) is 134 cm³/mol. The molecule has 0 saturated carbocycles. The van der Waals surface area contributed by atoms with Crippen LogP contribution in [-0.4, -0.2) is 74.5 Å². The van der Waals surface area contributed by atoms with E-state index in [0.717, 1.165) is 23.3 Å². The average molecular weight is 523 g/mol. The van der Waals surface area contributed by atoms with Gasteiger partial charge in [0.25, 0.3) is 11.8 Å². The second-order valence-electron chi connectivity index (χ2n) is 10.0. The molecule has 1 aromatic heterocycles. The number of rotatable bonds is 6. The van der Waals surface area contributed by atoms with E-state index in [0.29, 0.717) is 25.3 Å². The van der Waals surface area contributed by atoms with Gasteiger partial charge >= 0.3 is 6.09 Å². The Labute approximate surface area is 219 Å². The standard InChI is InChI=1S/C26H30N6O6/c1-15(2)38-26(37)30-10-8-17(9-11-30)31-14-16(13-28-31)12-27-19-5-3-4-18-22(19)25(36)32(24(18)35)20-6-7-21(33)29-23(20)34/h3-5,13-15,17,20,27H,6-12H2,1-2H3,(H,29,33,34). The van der Waals surface area contributed by atoms with Gasteiger partial charge in [0.05, 0.1) is 29.5 Å². The molecular weight excluding hydrogens is 492 g/mol. The van der Waals surface area contributed by atoms with Gasteiger partial charge in [-0.2, -0.15) is 5.10 Å². The normalized spacial score (nSPS) is 20.1. The Morgan fingerprint density at radius 1 is 1.13 bits per heavy atom. The number of likely N-dealkylation sites (tertiary alicyclic amines) is 1. The number of carbonyl (C=O) groups is 5. The van der Waals surface area contributed by atoms with Crippen molar-refractivity contribution in [2.45, 2.75) is 64.3 Å². The molecule has 2 aromatic rings. The molecule has 1 aromatic carbocycles. The van der Waals surface area contributed by atoms with E-state index < -0.39 is 29.7 Å². The smallest absolute Gasteiger partial charge is 0.410 e. The Morgan fingerprint density at radius 3 is 2.61 bits per heavy atom. The molecule has 2 saturated heterocycles. The van der Waals surface area contributed by atoms with Crippen LogP contribution in [0.15, 0.2) is 30.6 Å². The highest BCUT2D eigenvalue weighted by atomic mass is 16.6. The topological polar surface area (TPSA) is 143 Å². The lowest BCUT2D eigenvalue weighted by molar-refractivity contribution is -0.136. The van der Waals surface area contributed by atoms with E-state index in [1.807, 2.05) is 24.7 Å². The number of piperidine rings is 2. The maximum atomic E-state index is 13.3. The second-order valence-corrected chi connectivity index (χ2v) is 10.0. The molecular formula is C26H30N6O6.